The molecule has 2 rings (SSSR count). The van der Waals surface area contributed by atoms with E-state index in [1.54, 1.807) is 6.08 Å². The van der Waals surface area contributed by atoms with Crippen LogP contribution in [0.15, 0.2) is 24.0 Å². The molecule has 0 saturated carbocycles. The van der Waals surface area contributed by atoms with Crippen molar-refractivity contribution in [3.63, 3.8) is 0 Å². The molecule has 0 radical (unpaired) electrons. The van der Waals surface area contributed by atoms with Crippen molar-refractivity contribution in [1.82, 2.24) is 0 Å². The predicted octanol–water partition coefficient (Wildman–Crippen LogP) is 0.431. The molecule has 0 aromatic rings. The lowest BCUT2D eigenvalue weighted by Gasteiger charge is -2.32. The highest BCUT2D eigenvalue weighted by Crippen LogP contribution is 2.29. The van der Waals surface area contributed by atoms with Crippen molar-refractivity contribution in [1.29, 1.82) is 0 Å². The van der Waals surface area contributed by atoms with Crippen molar-refractivity contribution in [3.8, 4) is 0 Å². The van der Waals surface area contributed by atoms with Crippen LogP contribution in [0.3, 0.4) is 0 Å². The van der Waals surface area contributed by atoms with E-state index in [1.807, 2.05) is 0 Å². The largest absolute Gasteiger partial charge is 0.479 e. The molecule has 1 saturated heterocycles. The van der Waals surface area contributed by atoms with Crippen LogP contribution in [-0.2, 0) is 23.9 Å². The second kappa shape index (κ2) is 4.73. The molecule has 18 heavy (non-hydrogen) atoms. The fourth-order valence-corrected chi connectivity index (χ4v) is 1.98. The van der Waals surface area contributed by atoms with E-state index in [-0.39, 0.29) is 18.0 Å². The maximum absolute atomic E-state index is 11.7. The van der Waals surface area contributed by atoms with E-state index < -0.39 is 30.1 Å². The normalized spacial score (nSPS) is 30.4. The third-order valence-electron chi connectivity index (χ3n) is 2.77. The Hall–Kier alpha value is -1.95. The Balaban J connectivity index is 2.16. The summed E-state index contributed by atoms with van der Waals surface area (Å²) < 4.78 is 10.2. The summed E-state index contributed by atoms with van der Waals surface area (Å²) in [6, 6.07) is 0. The minimum absolute atomic E-state index is 0.141. The molecule has 0 aromatic carbocycles. The summed E-state index contributed by atoms with van der Waals surface area (Å²) in [4.78, 5) is 33.4. The Morgan fingerprint density at radius 1 is 1.50 bits per heavy atom. The van der Waals surface area contributed by atoms with Crippen LogP contribution in [0, 0.1) is 5.92 Å². The van der Waals surface area contributed by atoms with Gasteiger partial charge >= 0.3 is 11.9 Å². The minimum Gasteiger partial charge on any atom is -0.479 e. The van der Waals surface area contributed by atoms with Crippen LogP contribution in [0.2, 0.25) is 0 Å². The topological polar surface area (TPSA) is 89.9 Å². The summed E-state index contributed by atoms with van der Waals surface area (Å²) in [6.45, 7) is 1.26. The van der Waals surface area contributed by atoms with Crippen LogP contribution in [-0.4, -0.2) is 35.0 Å². The van der Waals surface area contributed by atoms with Crippen molar-refractivity contribution >= 4 is 17.7 Å². The third-order valence-corrected chi connectivity index (χ3v) is 2.77. The van der Waals surface area contributed by atoms with E-state index >= 15 is 0 Å². The number of allylic oxidation sites excluding steroid dienone is 1. The highest BCUT2D eigenvalue weighted by Gasteiger charge is 2.39. The van der Waals surface area contributed by atoms with Gasteiger partial charge in [-0.05, 0) is 12.2 Å². The highest BCUT2D eigenvalue weighted by atomic mass is 16.5. The summed E-state index contributed by atoms with van der Waals surface area (Å²) in [5.74, 6) is -2.07. The number of esters is 1. The fraction of sp³-hybridized carbons (Fsp3) is 0.417. The molecular weight excluding hydrogens is 240 g/mol. The number of carboxylic acid groups (broad SMARTS) is 1. The van der Waals surface area contributed by atoms with E-state index in [1.165, 1.54) is 19.1 Å². The molecule has 3 unspecified atom stereocenters. The second-order valence-corrected chi connectivity index (χ2v) is 4.15. The molecule has 0 amide bonds. The van der Waals surface area contributed by atoms with Gasteiger partial charge in [0.15, 0.2) is 6.10 Å². The first-order chi connectivity index (χ1) is 8.47. The number of ketones is 1. The maximum Gasteiger partial charge on any atom is 0.333 e. The molecule has 1 N–H and O–H groups in total. The number of aliphatic carboxylic acids is 1. The number of Topliss-reactive ketones (excluding diaryl/α,β-unsaturated/α-hetero) is 1. The van der Waals surface area contributed by atoms with Gasteiger partial charge in [-0.15, -0.1) is 0 Å². The summed E-state index contributed by atoms with van der Waals surface area (Å²) in [6.07, 6.45) is 2.58. The van der Waals surface area contributed by atoms with Crippen molar-refractivity contribution in [2.75, 3.05) is 0 Å². The van der Waals surface area contributed by atoms with Gasteiger partial charge in [0, 0.05) is 13.3 Å². The zero-order valence-electron chi connectivity index (χ0n) is 9.66. The zero-order chi connectivity index (χ0) is 13.3. The first-order valence-corrected chi connectivity index (χ1v) is 5.47. The minimum atomic E-state index is -1.17. The van der Waals surface area contributed by atoms with Gasteiger partial charge in [0.2, 0.25) is 0 Å². The second-order valence-electron chi connectivity index (χ2n) is 4.15. The standard InChI is InChI=1S/C12H12O6/c1-6(13)17-7-2-3-8-9(14)5-11(12(15)16)18-10(8)4-7/h2-4,8,10-11H,5H2,1H3,(H,15,16). The summed E-state index contributed by atoms with van der Waals surface area (Å²) in [5.41, 5.74) is 0. The summed E-state index contributed by atoms with van der Waals surface area (Å²) >= 11 is 0. The summed E-state index contributed by atoms with van der Waals surface area (Å²) in [7, 11) is 0. The van der Waals surface area contributed by atoms with Crippen LogP contribution in [0.5, 0.6) is 0 Å². The Kier molecular flexibility index (Phi) is 3.29. The molecule has 6 heteroatoms. The van der Waals surface area contributed by atoms with Gasteiger partial charge < -0.3 is 14.6 Å². The molecule has 0 aromatic heterocycles. The smallest absolute Gasteiger partial charge is 0.333 e. The van der Waals surface area contributed by atoms with Crippen molar-refractivity contribution in [2.24, 2.45) is 5.92 Å². The van der Waals surface area contributed by atoms with E-state index in [2.05, 4.69) is 0 Å². The average molecular weight is 252 g/mol. The molecule has 2 aliphatic rings. The number of carboxylic acids is 1. The highest BCUT2D eigenvalue weighted by molar-refractivity contribution is 5.90. The maximum atomic E-state index is 11.7. The van der Waals surface area contributed by atoms with Crippen LogP contribution < -0.4 is 0 Å². The SMILES string of the molecule is CC(=O)OC1=CC2OC(C(=O)O)CC(=O)C2C=C1. The fourth-order valence-electron chi connectivity index (χ4n) is 1.98. The quantitative estimate of drug-likeness (QED) is 0.717. The predicted molar refractivity (Wildman–Crippen MR) is 58.4 cm³/mol. The van der Waals surface area contributed by atoms with E-state index in [4.69, 9.17) is 14.6 Å². The molecule has 3 atom stereocenters. The van der Waals surface area contributed by atoms with Crippen LogP contribution in [0.4, 0.5) is 0 Å². The number of hydrogen-bond donors (Lipinski definition) is 1. The molecule has 0 bridgehead atoms. The lowest BCUT2D eigenvalue weighted by molar-refractivity contribution is -0.164. The lowest BCUT2D eigenvalue weighted by atomic mass is 9.87. The van der Waals surface area contributed by atoms with Crippen LogP contribution >= 0.6 is 0 Å². The molecule has 1 fully saturated rings. The van der Waals surface area contributed by atoms with Crippen molar-refractivity contribution in [3.05, 3.63) is 24.0 Å². The van der Waals surface area contributed by atoms with Crippen LogP contribution in [0.25, 0.3) is 0 Å². The van der Waals surface area contributed by atoms with Crippen LogP contribution in [0.1, 0.15) is 13.3 Å². The Bertz CT molecular complexity index is 461. The van der Waals surface area contributed by atoms with Gasteiger partial charge in [-0.2, -0.15) is 0 Å². The lowest BCUT2D eigenvalue weighted by Crippen LogP contribution is -2.44. The van der Waals surface area contributed by atoms with Gasteiger partial charge in [-0.1, -0.05) is 6.08 Å². The first kappa shape index (κ1) is 12.5. The number of fused-ring (bicyclic) bond motifs is 1. The van der Waals surface area contributed by atoms with E-state index in [0.29, 0.717) is 0 Å². The number of rotatable bonds is 2. The van der Waals surface area contributed by atoms with Gasteiger partial charge in [0.05, 0.1) is 12.0 Å². The molecule has 6 nitrogen and oxygen atoms in total. The first-order valence-electron chi connectivity index (χ1n) is 5.47. The van der Waals surface area contributed by atoms with Gasteiger partial charge in [0.25, 0.3) is 0 Å². The van der Waals surface area contributed by atoms with Crippen molar-refractivity contribution < 1.29 is 29.0 Å². The number of carbonyl (C=O) groups excluding carboxylic acids is 2. The van der Waals surface area contributed by atoms with Gasteiger partial charge in [0.1, 0.15) is 11.5 Å². The van der Waals surface area contributed by atoms with Crippen molar-refractivity contribution in [2.45, 2.75) is 25.6 Å². The summed E-state index contributed by atoms with van der Waals surface area (Å²) in [5, 5.41) is 8.86. The molecular formula is C12H12O6. The van der Waals surface area contributed by atoms with E-state index in [9.17, 15) is 14.4 Å². The zero-order valence-corrected chi connectivity index (χ0v) is 9.66. The molecule has 0 spiro atoms. The average Bonchev–Trinajstić information content (AvgIpc) is 2.27. The Morgan fingerprint density at radius 2 is 2.22 bits per heavy atom. The molecule has 1 aliphatic carbocycles. The van der Waals surface area contributed by atoms with Gasteiger partial charge in [-0.3, -0.25) is 9.59 Å². The molecule has 1 heterocycles. The number of ether oxygens (including phenoxy) is 2. The molecule has 1 aliphatic heterocycles. The molecule has 96 valence electrons. The van der Waals surface area contributed by atoms with E-state index in [0.717, 1.165) is 0 Å². The third kappa shape index (κ3) is 2.48. The monoisotopic (exact) mass is 252 g/mol. The number of hydrogen-bond acceptors (Lipinski definition) is 5. The number of carbonyl (C=O) groups is 3. The Morgan fingerprint density at radius 3 is 2.83 bits per heavy atom. The Labute approximate surface area is 103 Å². The van der Waals surface area contributed by atoms with Gasteiger partial charge in [-0.25, -0.2) is 4.79 Å².